The first-order valence-corrected chi connectivity index (χ1v) is 9.25. The van der Waals surface area contributed by atoms with Crippen molar-refractivity contribution in [1.29, 1.82) is 0 Å². The molecule has 1 heterocycles. The Morgan fingerprint density at radius 1 is 0.857 bits per heavy atom. The highest BCUT2D eigenvalue weighted by Gasteiger charge is 2.18. The smallest absolute Gasteiger partial charge is 0.230 e. The summed E-state index contributed by atoms with van der Waals surface area (Å²) in [5.74, 6) is 6.32. The number of rotatable bonds is 1. The summed E-state index contributed by atoms with van der Waals surface area (Å²) in [7, 11) is 0. The average molecular weight is 364 g/mol. The standard InChI is InChI=1S/C25H20N2O/c1-17-13-23-24(14-18(17)2)27-25(28)16-22(26-23)21-10-6-9-20(15-21)12-11-19-7-4-3-5-8-19/h3-10,13-15H,16H2,1-2H3,(H,27,28). The molecule has 0 saturated carbocycles. The molecule has 0 radical (unpaired) electrons. The first-order chi connectivity index (χ1) is 13.6. The normalized spacial score (nSPS) is 12.8. The van der Waals surface area contributed by atoms with E-state index in [-0.39, 0.29) is 12.3 Å². The second-order valence-corrected chi connectivity index (χ2v) is 6.93. The van der Waals surface area contributed by atoms with Crippen LogP contribution in [0.4, 0.5) is 11.4 Å². The summed E-state index contributed by atoms with van der Waals surface area (Å²) in [6.45, 7) is 4.09. The Morgan fingerprint density at radius 3 is 2.39 bits per heavy atom. The van der Waals surface area contributed by atoms with Gasteiger partial charge in [0, 0.05) is 11.1 Å². The maximum Gasteiger partial charge on any atom is 0.230 e. The summed E-state index contributed by atoms with van der Waals surface area (Å²) in [4.78, 5) is 17.2. The van der Waals surface area contributed by atoms with Gasteiger partial charge in [0.05, 0.1) is 23.5 Å². The van der Waals surface area contributed by atoms with Gasteiger partial charge >= 0.3 is 0 Å². The lowest BCUT2D eigenvalue weighted by molar-refractivity contribution is -0.115. The average Bonchev–Trinajstić information content (AvgIpc) is 2.86. The Balaban J connectivity index is 1.72. The molecule has 3 heteroatoms. The maximum absolute atomic E-state index is 12.4. The maximum atomic E-state index is 12.4. The van der Waals surface area contributed by atoms with Crippen LogP contribution >= 0.6 is 0 Å². The van der Waals surface area contributed by atoms with Gasteiger partial charge in [-0.05, 0) is 66.9 Å². The number of hydrogen-bond acceptors (Lipinski definition) is 2. The lowest BCUT2D eigenvalue weighted by Gasteiger charge is -2.08. The molecule has 3 aromatic rings. The lowest BCUT2D eigenvalue weighted by atomic mass is 10.0. The number of anilines is 1. The summed E-state index contributed by atoms with van der Waals surface area (Å²) in [6, 6.07) is 21.8. The van der Waals surface area contributed by atoms with Crippen molar-refractivity contribution < 1.29 is 4.79 Å². The molecule has 0 aromatic heterocycles. The SMILES string of the molecule is Cc1cc2c(cc1C)NC(=O)CC(c1cccc(C#Cc3ccccc3)c1)=N2. The Bertz CT molecular complexity index is 1150. The molecule has 3 aromatic carbocycles. The fraction of sp³-hybridized carbons (Fsp3) is 0.120. The Hall–Kier alpha value is -3.64. The molecule has 0 atom stereocenters. The van der Waals surface area contributed by atoms with Crippen molar-refractivity contribution in [2.45, 2.75) is 20.3 Å². The summed E-state index contributed by atoms with van der Waals surface area (Å²) in [5.41, 5.74) is 7.39. The van der Waals surface area contributed by atoms with Crippen molar-refractivity contribution in [2.75, 3.05) is 5.32 Å². The Kier molecular flexibility index (Phi) is 4.78. The zero-order chi connectivity index (χ0) is 19.5. The third-order valence-corrected chi connectivity index (χ3v) is 4.79. The zero-order valence-corrected chi connectivity index (χ0v) is 15.9. The predicted molar refractivity (Wildman–Crippen MR) is 114 cm³/mol. The molecule has 0 aliphatic carbocycles. The van der Waals surface area contributed by atoms with E-state index >= 15 is 0 Å². The van der Waals surface area contributed by atoms with E-state index in [0.717, 1.165) is 44.9 Å². The van der Waals surface area contributed by atoms with Crippen LogP contribution in [0.2, 0.25) is 0 Å². The minimum Gasteiger partial charge on any atom is -0.324 e. The number of aliphatic imine (C=N–C) groups is 1. The van der Waals surface area contributed by atoms with Crippen LogP contribution in [0.3, 0.4) is 0 Å². The molecular formula is C25H20N2O. The van der Waals surface area contributed by atoms with E-state index in [4.69, 9.17) is 4.99 Å². The minimum atomic E-state index is -0.0541. The monoisotopic (exact) mass is 364 g/mol. The topological polar surface area (TPSA) is 41.5 Å². The van der Waals surface area contributed by atoms with Gasteiger partial charge in [-0.15, -0.1) is 0 Å². The molecule has 136 valence electrons. The summed E-state index contributed by atoms with van der Waals surface area (Å²) in [6.07, 6.45) is 0.238. The van der Waals surface area contributed by atoms with Crippen LogP contribution in [-0.2, 0) is 4.79 Å². The van der Waals surface area contributed by atoms with Crippen LogP contribution in [-0.4, -0.2) is 11.6 Å². The first kappa shape index (κ1) is 17.8. The van der Waals surface area contributed by atoms with Crippen LogP contribution in [0.1, 0.15) is 34.2 Å². The number of nitrogens with zero attached hydrogens (tertiary/aromatic N) is 1. The summed E-state index contributed by atoms with van der Waals surface area (Å²) < 4.78 is 0. The lowest BCUT2D eigenvalue weighted by Crippen LogP contribution is -2.15. The van der Waals surface area contributed by atoms with Gasteiger partial charge in [-0.1, -0.05) is 42.2 Å². The number of aryl methyl sites for hydroxylation is 2. The molecule has 1 amide bonds. The van der Waals surface area contributed by atoms with Gasteiger partial charge in [0.2, 0.25) is 5.91 Å². The van der Waals surface area contributed by atoms with Crippen molar-refractivity contribution in [2.24, 2.45) is 4.99 Å². The van der Waals surface area contributed by atoms with Gasteiger partial charge in [-0.3, -0.25) is 9.79 Å². The van der Waals surface area contributed by atoms with Crippen molar-refractivity contribution in [1.82, 2.24) is 0 Å². The number of fused-ring (bicyclic) bond motifs is 1. The summed E-state index contributed by atoms with van der Waals surface area (Å²) >= 11 is 0. The second kappa shape index (κ2) is 7.54. The predicted octanol–water partition coefficient (Wildman–Crippen LogP) is 5.17. The van der Waals surface area contributed by atoms with E-state index in [1.807, 2.05) is 73.7 Å². The van der Waals surface area contributed by atoms with Crippen LogP contribution in [0, 0.1) is 25.7 Å². The number of benzene rings is 3. The van der Waals surface area contributed by atoms with E-state index in [2.05, 4.69) is 24.1 Å². The molecule has 28 heavy (non-hydrogen) atoms. The highest BCUT2D eigenvalue weighted by Crippen LogP contribution is 2.32. The third-order valence-electron chi connectivity index (χ3n) is 4.79. The highest BCUT2D eigenvalue weighted by molar-refractivity contribution is 6.17. The third kappa shape index (κ3) is 3.87. The van der Waals surface area contributed by atoms with Gasteiger partial charge in [0.25, 0.3) is 0 Å². The molecule has 0 spiro atoms. The Labute approximate surface area is 165 Å². The van der Waals surface area contributed by atoms with Crippen molar-refractivity contribution in [3.05, 3.63) is 94.5 Å². The van der Waals surface area contributed by atoms with E-state index in [0.29, 0.717) is 0 Å². The van der Waals surface area contributed by atoms with Crippen LogP contribution in [0.5, 0.6) is 0 Å². The molecule has 0 bridgehead atoms. The van der Waals surface area contributed by atoms with Gasteiger partial charge < -0.3 is 5.32 Å². The molecule has 3 nitrogen and oxygen atoms in total. The Morgan fingerprint density at radius 2 is 1.57 bits per heavy atom. The fourth-order valence-electron chi connectivity index (χ4n) is 3.13. The molecule has 1 aliphatic rings. The molecular weight excluding hydrogens is 344 g/mol. The van der Waals surface area contributed by atoms with Gasteiger partial charge in [0.1, 0.15) is 0 Å². The van der Waals surface area contributed by atoms with E-state index < -0.39 is 0 Å². The van der Waals surface area contributed by atoms with E-state index in [9.17, 15) is 4.79 Å². The molecule has 4 rings (SSSR count). The molecule has 0 unspecified atom stereocenters. The molecule has 0 saturated heterocycles. The van der Waals surface area contributed by atoms with Gasteiger partial charge in [-0.2, -0.15) is 0 Å². The largest absolute Gasteiger partial charge is 0.324 e. The molecule has 1 aliphatic heterocycles. The van der Waals surface area contributed by atoms with Crippen LogP contribution < -0.4 is 5.32 Å². The second-order valence-electron chi connectivity index (χ2n) is 6.93. The van der Waals surface area contributed by atoms with Gasteiger partial charge in [-0.25, -0.2) is 0 Å². The van der Waals surface area contributed by atoms with E-state index in [1.165, 1.54) is 0 Å². The number of carbonyl (C=O) groups excluding carboxylic acids is 1. The molecule has 1 N–H and O–H groups in total. The van der Waals surface area contributed by atoms with Gasteiger partial charge in [0.15, 0.2) is 0 Å². The summed E-state index contributed by atoms with van der Waals surface area (Å²) in [5, 5.41) is 2.97. The fourth-order valence-corrected chi connectivity index (χ4v) is 3.13. The minimum absolute atomic E-state index is 0.0541. The van der Waals surface area contributed by atoms with E-state index in [1.54, 1.807) is 0 Å². The molecule has 0 fully saturated rings. The number of carbonyl (C=O) groups is 1. The van der Waals surface area contributed by atoms with Crippen LogP contribution in [0.15, 0.2) is 71.7 Å². The first-order valence-electron chi connectivity index (χ1n) is 9.25. The van der Waals surface area contributed by atoms with Crippen molar-refractivity contribution in [3.8, 4) is 11.8 Å². The number of nitrogens with one attached hydrogen (secondary N) is 1. The van der Waals surface area contributed by atoms with Crippen molar-refractivity contribution in [3.63, 3.8) is 0 Å². The zero-order valence-electron chi connectivity index (χ0n) is 15.9. The van der Waals surface area contributed by atoms with Crippen molar-refractivity contribution >= 4 is 23.0 Å². The number of amides is 1. The number of hydrogen-bond donors (Lipinski definition) is 1. The quantitative estimate of drug-likeness (QED) is 0.595. The highest BCUT2D eigenvalue weighted by atomic mass is 16.1. The van der Waals surface area contributed by atoms with Crippen LogP contribution in [0.25, 0.3) is 0 Å².